The Morgan fingerprint density at radius 1 is 1.33 bits per heavy atom. The number of fused-ring (bicyclic) bond motifs is 2. The van der Waals surface area contributed by atoms with E-state index in [1.165, 1.54) is 24.2 Å². The molecule has 2 bridgehead atoms. The predicted molar refractivity (Wildman–Crippen MR) is 84.0 cm³/mol. The molecular formula is C17H21N3O. The minimum Gasteiger partial charge on any atom is -0.494 e. The zero-order valence-electron chi connectivity index (χ0n) is 12.4. The number of aromatic amines is 1. The molecule has 5 rings (SSSR count). The minimum absolute atomic E-state index is 0.672. The molecular weight excluding hydrogens is 262 g/mol. The lowest BCUT2D eigenvalue weighted by molar-refractivity contribution is 0.317. The van der Waals surface area contributed by atoms with Gasteiger partial charge in [-0.25, -0.2) is 0 Å². The summed E-state index contributed by atoms with van der Waals surface area (Å²) < 4.78 is 5.75. The Kier molecular flexibility index (Phi) is 3.09. The number of nitrogens with zero attached hydrogens (tertiary/aromatic N) is 2. The molecule has 3 aliphatic rings. The van der Waals surface area contributed by atoms with Gasteiger partial charge >= 0.3 is 0 Å². The van der Waals surface area contributed by atoms with E-state index < -0.39 is 0 Å². The largest absolute Gasteiger partial charge is 0.494 e. The third kappa shape index (κ3) is 2.09. The first-order chi connectivity index (χ1) is 10.4. The van der Waals surface area contributed by atoms with Crippen LogP contribution in [0.25, 0.3) is 11.3 Å². The van der Waals surface area contributed by atoms with Gasteiger partial charge in [-0.2, -0.15) is 5.10 Å². The molecule has 0 saturated carbocycles. The maximum atomic E-state index is 5.75. The third-order valence-electron chi connectivity index (χ3n) is 4.57. The molecule has 4 heterocycles. The summed E-state index contributed by atoms with van der Waals surface area (Å²) in [5, 5.41) is 7.89. The highest BCUT2D eigenvalue weighted by molar-refractivity contribution is 5.79. The Labute approximate surface area is 125 Å². The van der Waals surface area contributed by atoms with E-state index in [1.807, 2.05) is 6.07 Å². The topological polar surface area (TPSA) is 41.1 Å². The van der Waals surface area contributed by atoms with E-state index in [2.05, 4.69) is 40.2 Å². The van der Waals surface area contributed by atoms with Gasteiger partial charge < -0.3 is 9.64 Å². The van der Waals surface area contributed by atoms with Crippen molar-refractivity contribution in [1.82, 2.24) is 10.2 Å². The molecule has 1 fully saturated rings. The number of hydrogen-bond acceptors (Lipinski definition) is 3. The number of H-pyrrole nitrogens is 1. The summed E-state index contributed by atoms with van der Waals surface area (Å²) in [5.41, 5.74) is 4.89. The Morgan fingerprint density at radius 3 is 3.00 bits per heavy atom. The summed E-state index contributed by atoms with van der Waals surface area (Å²) in [6.45, 7) is 5.21. The van der Waals surface area contributed by atoms with E-state index in [1.54, 1.807) is 0 Å². The third-order valence-corrected chi connectivity index (χ3v) is 4.57. The van der Waals surface area contributed by atoms with E-state index in [0.717, 1.165) is 43.1 Å². The molecule has 110 valence electrons. The second-order valence-corrected chi connectivity index (χ2v) is 5.97. The van der Waals surface area contributed by atoms with Crippen LogP contribution in [0.2, 0.25) is 0 Å². The summed E-state index contributed by atoms with van der Waals surface area (Å²) in [5.74, 6) is 1.60. The molecule has 0 atom stereocenters. The number of anilines is 1. The van der Waals surface area contributed by atoms with Crippen LogP contribution in [0, 0.1) is 0 Å². The van der Waals surface area contributed by atoms with Crippen LogP contribution in [0.15, 0.2) is 24.3 Å². The second kappa shape index (κ2) is 5.10. The average Bonchev–Trinajstić information content (AvgIpc) is 3.01. The maximum Gasteiger partial charge on any atom is 0.119 e. The standard InChI is InChI=1S/C17H21N3O/c1-2-10-21-14-5-3-4-13(11-14)16-17-15(18-19-16)12-6-8-20(17)9-7-12/h3-5,11-12H,2,6-10H2,1H3,(H,18,19). The quantitative estimate of drug-likeness (QED) is 0.932. The van der Waals surface area contributed by atoms with Crippen molar-refractivity contribution < 1.29 is 4.74 Å². The van der Waals surface area contributed by atoms with Crippen molar-refractivity contribution in [3.05, 3.63) is 30.0 Å². The molecule has 1 aromatic carbocycles. The van der Waals surface area contributed by atoms with Crippen molar-refractivity contribution in [2.45, 2.75) is 32.1 Å². The van der Waals surface area contributed by atoms with Crippen molar-refractivity contribution in [3.63, 3.8) is 0 Å². The van der Waals surface area contributed by atoms with Gasteiger partial charge in [0, 0.05) is 24.6 Å². The van der Waals surface area contributed by atoms with Gasteiger partial charge in [0.2, 0.25) is 0 Å². The molecule has 3 aliphatic heterocycles. The maximum absolute atomic E-state index is 5.75. The van der Waals surface area contributed by atoms with Crippen molar-refractivity contribution >= 4 is 5.69 Å². The first-order valence-electron chi connectivity index (χ1n) is 7.93. The molecule has 0 radical (unpaired) electrons. The van der Waals surface area contributed by atoms with Crippen molar-refractivity contribution in [1.29, 1.82) is 0 Å². The summed E-state index contributed by atoms with van der Waals surface area (Å²) in [6, 6.07) is 8.30. The smallest absolute Gasteiger partial charge is 0.119 e. The Bertz CT molecular complexity index is 641. The molecule has 2 aromatic rings. The van der Waals surface area contributed by atoms with E-state index in [9.17, 15) is 0 Å². The predicted octanol–water partition coefficient (Wildman–Crippen LogP) is 3.56. The molecule has 0 spiro atoms. The molecule has 1 saturated heterocycles. The highest BCUT2D eigenvalue weighted by atomic mass is 16.5. The zero-order valence-corrected chi connectivity index (χ0v) is 12.4. The highest BCUT2D eigenvalue weighted by Crippen LogP contribution is 2.45. The minimum atomic E-state index is 0.672. The molecule has 0 aliphatic carbocycles. The fraction of sp³-hybridized carbons (Fsp3) is 0.471. The van der Waals surface area contributed by atoms with Gasteiger partial charge in [0.25, 0.3) is 0 Å². The lowest BCUT2D eigenvalue weighted by atomic mass is 9.86. The molecule has 1 N–H and O–H groups in total. The van der Waals surface area contributed by atoms with Gasteiger partial charge in [0.15, 0.2) is 0 Å². The van der Waals surface area contributed by atoms with Crippen LogP contribution in [0.3, 0.4) is 0 Å². The second-order valence-electron chi connectivity index (χ2n) is 5.97. The zero-order chi connectivity index (χ0) is 14.2. The number of hydrogen-bond donors (Lipinski definition) is 1. The number of ether oxygens (including phenoxy) is 1. The Morgan fingerprint density at radius 2 is 2.19 bits per heavy atom. The number of piperidine rings is 1. The first-order valence-corrected chi connectivity index (χ1v) is 7.93. The Balaban J connectivity index is 1.72. The van der Waals surface area contributed by atoms with Crippen LogP contribution >= 0.6 is 0 Å². The molecule has 21 heavy (non-hydrogen) atoms. The summed E-state index contributed by atoms with van der Waals surface area (Å²) in [7, 11) is 0. The SMILES string of the molecule is CCCOc1cccc(-c2n[nH]c3c2N2CCC3CC2)c1. The molecule has 0 unspecified atom stereocenters. The lowest BCUT2D eigenvalue weighted by Crippen LogP contribution is -2.38. The summed E-state index contributed by atoms with van der Waals surface area (Å²) >= 11 is 0. The van der Waals surface area contributed by atoms with Crippen LogP contribution < -0.4 is 9.64 Å². The average molecular weight is 283 g/mol. The van der Waals surface area contributed by atoms with Crippen LogP contribution in [0.4, 0.5) is 5.69 Å². The van der Waals surface area contributed by atoms with E-state index >= 15 is 0 Å². The van der Waals surface area contributed by atoms with Crippen LogP contribution in [0.1, 0.15) is 37.8 Å². The van der Waals surface area contributed by atoms with Gasteiger partial charge in [-0.3, -0.25) is 5.10 Å². The number of rotatable bonds is 4. The van der Waals surface area contributed by atoms with Gasteiger partial charge in [0.05, 0.1) is 18.0 Å². The number of aromatic nitrogens is 2. The van der Waals surface area contributed by atoms with Crippen LogP contribution in [-0.2, 0) is 0 Å². The molecule has 4 heteroatoms. The number of benzene rings is 1. The lowest BCUT2D eigenvalue weighted by Gasteiger charge is -2.40. The van der Waals surface area contributed by atoms with Gasteiger partial charge in [0.1, 0.15) is 11.4 Å². The first kappa shape index (κ1) is 12.7. The summed E-state index contributed by atoms with van der Waals surface area (Å²) in [6.07, 6.45) is 3.54. The molecule has 4 nitrogen and oxygen atoms in total. The normalized spacial score (nSPS) is 17.1. The van der Waals surface area contributed by atoms with Crippen LogP contribution in [0.5, 0.6) is 5.75 Å². The van der Waals surface area contributed by atoms with Crippen molar-refractivity contribution in [2.75, 3.05) is 24.6 Å². The van der Waals surface area contributed by atoms with Crippen LogP contribution in [-0.4, -0.2) is 29.9 Å². The van der Waals surface area contributed by atoms with E-state index in [0.29, 0.717) is 5.92 Å². The van der Waals surface area contributed by atoms with Crippen molar-refractivity contribution in [2.24, 2.45) is 0 Å². The van der Waals surface area contributed by atoms with E-state index in [-0.39, 0.29) is 0 Å². The van der Waals surface area contributed by atoms with Gasteiger partial charge in [-0.05, 0) is 31.4 Å². The van der Waals surface area contributed by atoms with Gasteiger partial charge in [-0.15, -0.1) is 0 Å². The fourth-order valence-electron chi connectivity index (χ4n) is 3.50. The fourth-order valence-corrected chi connectivity index (χ4v) is 3.50. The van der Waals surface area contributed by atoms with E-state index in [4.69, 9.17) is 4.74 Å². The molecule has 0 amide bonds. The Hall–Kier alpha value is -1.97. The van der Waals surface area contributed by atoms with Gasteiger partial charge in [-0.1, -0.05) is 19.1 Å². The van der Waals surface area contributed by atoms with Crippen molar-refractivity contribution in [3.8, 4) is 17.0 Å². The monoisotopic (exact) mass is 283 g/mol. The highest BCUT2D eigenvalue weighted by Gasteiger charge is 2.35. The number of nitrogens with one attached hydrogen (secondary N) is 1. The summed E-state index contributed by atoms with van der Waals surface area (Å²) in [4.78, 5) is 2.48. The molecule has 1 aromatic heterocycles.